The van der Waals surface area contributed by atoms with Crippen LogP contribution in [0.15, 0.2) is 23.4 Å². The summed E-state index contributed by atoms with van der Waals surface area (Å²) >= 11 is 0. The van der Waals surface area contributed by atoms with E-state index in [0.29, 0.717) is 0 Å². The van der Waals surface area contributed by atoms with Gasteiger partial charge in [-0.25, -0.2) is 22.5 Å². The van der Waals surface area contributed by atoms with Gasteiger partial charge >= 0.3 is 6.18 Å². The molecule has 1 saturated carbocycles. The Labute approximate surface area is 119 Å². The predicted molar refractivity (Wildman–Crippen MR) is 66.3 cm³/mol. The monoisotopic (exact) mass is 326 g/mol. The largest absolute Gasteiger partial charge is 0.391 e. The molecule has 1 aliphatic rings. The summed E-state index contributed by atoms with van der Waals surface area (Å²) in [4.78, 5) is 3.46. The molecular weight excluding hydrogens is 312 g/mol. The highest BCUT2D eigenvalue weighted by atomic mass is 32.2. The lowest BCUT2D eigenvalue weighted by atomic mass is 9.86. The summed E-state index contributed by atoms with van der Waals surface area (Å²) in [6.45, 7) is 0. The molecule has 0 atom stereocenters. The number of hydrogen-bond acceptors (Lipinski definition) is 3. The van der Waals surface area contributed by atoms with E-state index in [1.54, 1.807) is 0 Å². The Hall–Kier alpha value is -1.22. The fourth-order valence-electron chi connectivity index (χ4n) is 2.38. The molecule has 0 bridgehead atoms. The quantitative estimate of drug-likeness (QED) is 0.869. The molecule has 1 fully saturated rings. The van der Waals surface area contributed by atoms with Crippen molar-refractivity contribution >= 4 is 10.0 Å². The minimum atomic E-state index is -4.25. The van der Waals surface area contributed by atoms with Crippen LogP contribution in [-0.4, -0.2) is 25.6 Å². The molecule has 0 aliphatic heterocycles. The Morgan fingerprint density at radius 1 is 1.19 bits per heavy atom. The third kappa shape index (κ3) is 3.91. The van der Waals surface area contributed by atoms with Crippen LogP contribution in [0, 0.1) is 11.7 Å². The maximum absolute atomic E-state index is 13.4. The van der Waals surface area contributed by atoms with Gasteiger partial charge in [-0.2, -0.15) is 13.2 Å². The first-order valence-electron chi connectivity index (χ1n) is 6.40. The molecule has 1 N–H and O–H groups in total. The van der Waals surface area contributed by atoms with E-state index in [4.69, 9.17) is 0 Å². The van der Waals surface area contributed by atoms with E-state index in [-0.39, 0.29) is 25.7 Å². The van der Waals surface area contributed by atoms with Crippen molar-refractivity contribution < 1.29 is 26.0 Å². The van der Waals surface area contributed by atoms with E-state index in [1.807, 2.05) is 0 Å². The van der Waals surface area contributed by atoms with Gasteiger partial charge in [0.15, 0.2) is 5.82 Å². The van der Waals surface area contributed by atoms with Gasteiger partial charge in [-0.1, -0.05) is 0 Å². The molecule has 1 aromatic rings. The van der Waals surface area contributed by atoms with Crippen molar-refractivity contribution in [3.63, 3.8) is 0 Å². The first-order valence-corrected chi connectivity index (χ1v) is 7.88. The Morgan fingerprint density at radius 2 is 1.81 bits per heavy atom. The summed E-state index contributed by atoms with van der Waals surface area (Å²) < 4.78 is 77.2. The molecule has 1 aliphatic carbocycles. The molecule has 0 unspecified atom stereocenters. The normalized spacial score (nSPS) is 24.0. The highest BCUT2D eigenvalue weighted by molar-refractivity contribution is 7.89. The second-order valence-electron chi connectivity index (χ2n) is 5.00. The number of alkyl halides is 3. The number of aromatic nitrogens is 1. The molecule has 0 amide bonds. The maximum Gasteiger partial charge on any atom is 0.391 e. The van der Waals surface area contributed by atoms with Gasteiger partial charge in [0.25, 0.3) is 10.0 Å². The fraction of sp³-hybridized carbons (Fsp3) is 0.583. The van der Waals surface area contributed by atoms with Gasteiger partial charge in [-0.15, -0.1) is 0 Å². The summed E-state index contributed by atoms with van der Waals surface area (Å²) in [5.41, 5.74) is 0. The third-order valence-electron chi connectivity index (χ3n) is 3.49. The lowest BCUT2D eigenvalue weighted by Crippen LogP contribution is -2.40. The van der Waals surface area contributed by atoms with Crippen molar-refractivity contribution in [1.82, 2.24) is 9.71 Å². The Morgan fingerprint density at radius 3 is 2.33 bits per heavy atom. The van der Waals surface area contributed by atoms with Gasteiger partial charge in [0.1, 0.15) is 0 Å². The Balaban J connectivity index is 2.02. The zero-order valence-corrected chi connectivity index (χ0v) is 11.7. The van der Waals surface area contributed by atoms with Gasteiger partial charge in [0.05, 0.1) is 5.92 Å². The SMILES string of the molecule is O=S(=O)(NC1CCC(C(F)(F)F)CC1)c1ncccc1F. The first kappa shape index (κ1) is 16.2. The molecular formula is C12H14F4N2O2S. The average Bonchev–Trinajstić information content (AvgIpc) is 2.38. The van der Waals surface area contributed by atoms with E-state index < -0.39 is 39.0 Å². The van der Waals surface area contributed by atoms with Gasteiger partial charge in [0, 0.05) is 12.2 Å². The van der Waals surface area contributed by atoms with Crippen LogP contribution in [0.1, 0.15) is 25.7 Å². The molecule has 0 radical (unpaired) electrons. The van der Waals surface area contributed by atoms with Crippen molar-refractivity contribution in [1.29, 1.82) is 0 Å². The van der Waals surface area contributed by atoms with Crippen LogP contribution in [0.5, 0.6) is 0 Å². The molecule has 9 heteroatoms. The zero-order valence-electron chi connectivity index (χ0n) is 10.9. The number of sulfonamides is 1. The molecule has 118 valence electrons. The smallest absolute Gasteiger partial charge is 0.241 e. The number of pyridine rings is 1. The topological polar surface area (TPSA) is 59.1 Å². The average molecular weight is 326 g/mol. The predicted octanol–water partition coefficient (Wildman–Crippen LogP) is 2.62. The maximum atomic E-state index is 13.4. The molecule has 0 aromatic carbocycles. The van der Waals surface area contributed by atoms with Crippen LogP contribution in [0.2, 0.25) is 0 Å². The molecule has 4 nitrogen and oxygen atoms in total. The lowest BCUT2D eigenvalue weighted by Gasteiger charge is -2.29. The molecule has 0 spiro atoms. The zero-order chi connectivity index (χ0) is 15.7. The van der Waals surface area contributed by atoms with Gasteiger partial charge in [0.2, 0.25) is 5.03 Å². The number of nitrogens with zero attached hydrogens (tertiary/aromatic N) is 1. The molecule has 0 saturated heterocycles. The van der Waals surface area contributed by atoms with E-state index in [1.165, 1.54) is 6.07 Å². The minimum absolute atomic E-state index is 0.0673. The first-order chi connectivity index (χ1) is 9.70. The molecule has 2 rings (SSSR count). The van der Waals surface area contributed by atoms with Crippen LogP contribution < -0.4 is 4.72 Å². The summed E-state index contributed by atoms with van der Waals surface area (Å²) in [6.07, 6.45) is -3.26. The van der Waals surface area contributed by atoms with E-state index >= 15 is 0 Å². The number of hydrogen-bond donors (Lipinski definition) is 1. The van der Waals surface area contributed by atoms with Gasteiger partial charge < -0.3 is 0 Å². The van der Waals surface area contributed by atoms with Crippen molar-refractivity contribution in [3.8, 4) is 0 Å². The van der Waals surface area contributed by atoms with Gasteiger partial charge in [-0.3, -0.25) is 0 Å². The van der Waals surface area contributed by atoms with Crippen LogP contribution in [-0.2, 0) is 10.0 Å². The van der Waals surface area contributed by atoms with E-state index in [9.17, 15) is 26.0 Å². The van der Waals surface area contributed by atoms with E-state index in [2.05, 4.69) is 9.71 Å². The third-order valence-corrected chi connectivity index (χ3v) is 4.94. The van der Waals surface area contributed by atoms with Crippen LogP contribution in [0.25, 0.3) is 0 Å². The highest BCUT2D eigenvalue weighted by Gasteiger charge is 2.42. The lowest BCUT2D eigenvalue weighted by molar-refractivity contribution is -0.182. The van der Waals surface area contributed by atoms with Crippen molar-refractivity contribution in [2.75, 3.05) is 0 Å². The van der Waals surface area contributed by atoms with Crippen LogP contribution in [0.3, 0.4) is 0 Å². The summed E-state index contributed by atoms with van der Waals surface area (Å²) in [6, 6.07) is 1.58. The molecule has 1 aromatic heterocycles. The summed E-state index contributed by atoms with van der Waals surface area (Å²) in [5, 5.41) is -0.733. The van der Waals surface area contributed by atoms with Crippen molar-refractivity contribution in [2.24, 2.45) is 5.92 Å². The van der Waals surface area contributed by atoms with Crippen LogP contribution in [0.4, 0.5) is 17.6 Å². The standard InChI is InChI=1S/C12H14F4N2O2S/c13-10-2-1-7-17-11(10)21(19,20)18-9-5-3-8(4-6-9)12(14,15)16/h1-2,7-9,18H,3-6H2. The number of rotatable bonds is 3. The second-order valence-corrected chi connectivity index (χ2v) is 6.63. The second kappa shape index (κ2) is 5.88. The number of halogens is 4. The summed E-state index contributed by atoms with van der Waals surface area (Å²) in [7, 11) is -4.16. The Bertz CT molecular complexity index is 596. The highest BCUT2D eigenvalue weighted by Crippen LogP contribution is 2.37. The number of nitrogens with one attached hydrogen (secondary N) is 1. The summed E-state index contributed by atoms with van der Waals surface area (Å²) in [5.74, 6) is -2.39. The van der Waals surface area contributed by atoms with Crippen molar-refractivity contribution in [3.05, 3.63) is 24.1 Å². The fourth-order valence-corrected chi connectivity index (χ4v) is 3.69. The Kier molecular flexibility index (Phi) is 4.52. The van der Waals surface area contributed by atoms with Crippen LogP contribution >= 0.6 is 0 Å². The molecule has 21 heavy (non-hydrogen) atoms. The minimum Gasteiger partial charge on any atom is -0.241 e. The molecule has 1 heterocycles. The van der Waals surface area contributed by atoms with Crippen molar-refractivity contribution in [2.45, 2.75) is 42.9 Å². The van der Waals surface area contributed by atoms with E-state index in [0.717, 1.165) is 12.3 Å². The van der Waals surface area contributed by atoms with Gasteiger partial charge in [-0.05, 0) is 37.8 Å².